The fourth-order valence-electron chi connectivity index (χ4n) is 3.07. The van der Waals surface area contributed by atoms with Gasteiger partial charge in [0.15, 0.2) is 0 Å². The smallest absolute Gasteiger partial charge is 0.123 e. The van der Waals surface area contributed by atoms with E-state index in [1.807, 2.05) is 24.8 Å². The molecule has 22 heavy (non-hydrogen) atoms. The van der Waals surface area contributed by atoms with Crippen molar-refractivity contribution < 1.29 is 4.74 Å². The predicted molar refractivity (Wildman–Crippen MR) is 92.9 cm³/mol. The second-order valence-electron chi connectivity index (χ2n) is 5.53. The van der Waals surface area contributed by atoms with E-state index in [-0.39, 0.29) is 0 Å². The number of hydrogen-bond donors (Lipinski definition) is 0. The number of para-hydroxylation sites is 1. The lowest BCUT2D eigenvalue weighted by atomic mass is 10.0. The van der Waals surface area contributed by atoms with Crippen molar-refractivity contribution in [1.29, 1.82) is 0 Å². The Bertz CT molecular complexity index is 757. The Labute approximate surface area is 135 Å². The molecule has 3 nitrogen and oxygen atoms in total. The fraction of sp³-hybridized carbons (Fsp3) is 0.278. The number of thioether (sulfide) groups is 1. The Hall–Kier alpha value is -1.94. The summed E-state index contributed by atoms with van der Waals surface area (Å²) in [6.07, 6.45) is 0.998. The zero-order chi connectivity index (χ0) is 15.1. The standard InChI is InChI=1S/C18H18N2OS/c1-3-21-13-8-9-14-12(10-13)11-17-18(19-14)20(2)15-6-4-5-7-16(15)22-17/h4-10,17H,3,11H2,1-2H3. The molecule has 4 rings (SSSR count). The molecule has 0 saturated carbocycles. The molecule has 2 aliphatic heterocycles. The highest BCUT2D eigenvalue weighted by Gasteiger charge is 2.32. The highest BCUT2D eigenvalue weighted by molar-refractivity contribution is 8.01. The van der Waals surface area contributed by atoms with Gasteiger partial charge >= 0.3 is 0 Å². The van der Waals surface area contributed by atoms with E-state index in [0.29, 0.717) is 11.9 Å². The zero-order valence-electron chi connectivity index (χ0n) is 12.7. The van der Waals surface area contributed by atoms with Gasteiger partial charge in [-0.2, -0.15) is 0 Å². The third kappa shape index (κ3) is 2.18. The lowest BCUT2D eigenvalue weighted by Gasteiger charge is -2.36. The van der Waals surface area contributed by atoms with Crippen LogP contribution in [0.5, 0.6) is 5.75 Å². The van der Waals surface area contributed by atoms with Crippen LogP contribution < -0.4 is 9.64 Å². The first-order valence-corrected chi connectivity index (χ1v) is 8.48. The number of nitrogens with zero attached hydrogens (tertiary/aromatic N) is 2. The first-order chi connectivity index (χ1) is 10.8. The van der Waals surface area contributed by atoms with Gasteiger partial charge in [0, 0.05) is 11.9 Å². The number of hydrogen-bond acceptors (Lipinski definition) is 4. The molecule has 0 fully saturated rings. The van der Waals surface area contributed by atoms with Crippen molar-refractivity contribution in [3.8, 4) is 5.75 Å². The number of rotatable bonds is 2. The molecule has 2 aliphatic rings. The Morgan fingerprint density at radius 1 is 1.27 bits per heavy atom. The number of aliphatic imine (C=N–C) groups is 1. The quantitative estimate of drug-likeness (QED) is 0.827. The Balaban J connectivity index is 1.75. The summed E-state index contributed by atoms with van der Waals surface area (Å²) in [6.45, 7) is 2.71. The SMILES string of the molecule is CCOc1ccc2c(c1)CC1Sc3ccccc3N(C)C1=N2. The third-order valence-electron chi connectivity index (χ3n) is 4.13. The second kappa shape index (κ2) is 5.36. The van der Waals surface area contributed by atoms with Crippen molar-refractivity contribution in [2.75, 3.05) is 18.6 Å². The van der Waals surface area contributed by atoms with Gasteiger partial charge in [0.1, 0.15) is 11.6 Å². The van der Waals surface area contributed by atoms with Crippen LogP contribution in [0.25, 0.3) is 0 Å². The largest absolute Gasteiger partial charge is 0.494 e. The van der Waals surface area contributed by atoms with Crippen molar-refractivity contribution >= 4 is 29.0 Å². The number of anilines is 1. The summed E-state index contributed by atoms with van der Waals surface area (Å²) in [6, 6.07) is 14.8. The fourth-order valence-corrected chi connectivity index (χ4v) is 4.44. The van der Waals surface area contributed by atoms with Gasteiger partial charge in [-0.1, -0.05) is 12.1 Å². The summed E-state index contributed by atoms with van der Waals surface area (Å²) in [5.74, 6) is 2.09. The van der Waals surface area contributed by atoms with Crippen LogP contribution in [0, 0.1) is 0 Å². The molecule has 0 bridgehead atoms. The van der Waals surface area contributed by atoms with Gasteiger partial charge in [-0.15, -0.1) is 11.8 Å². The maximum Gasteiger partial charge on any atom is 0.123 e. The van der Waals surface area contributed by atoms with E-state index >= 15 is 0 Å². The van der Waals surface area contributed by atoms with Crippen molar-refractivity contribution in [2.45, 2.75) is 23.5 Å². The topological polar surface area (TPSA) is 24.8 Å². The summed E-state index contributed by atoms with van der Waals surface area (Å²) in [5, 5.41) is 0.379. The lowest BCUT2D eigenvalue weighted by molar-refractivity contribution is 0.340. The van der Waals surface area contributed by atoms with Crippen LogP contribution in [0.3, 0.4) is 0 Å². The number of benzene rings is 2. The minimum atomic E-state index is 0.379. The van der Waals surface area contributed by atoms with Crippen molar-refractivity contribution in [3.63, 3.8) is 0 Å². The summed E-state index contributed by atoms with van der Waals surface area (Å²) in [4.78, 5) is 8.48. The highest BCUT2D eigenvalue weighted by atomic mass is 32.2. The van der Waals surface area contributed by atoms with E-state index < -0.39 is 0 Å². The van der Waals surface area contributed by atoms with E-state index in [2.05, 4.69) is 48.3 Å². The second-order valence-corrected chi connectivity index (χ2v) is 6.78. The van der Waals surface area contributed by atoms with E-state index in [1.54, 1.807) is 0 Å². The molecule has 0 amide bonds. The van der Waals surface area contributed by atoms with Crippen molar-refractivity contribution in [3.05, 3.63) is 48.0 Å². The Kier molecular flexibility index (Phi) is 3.34. The zero-order valence-corrected chi connectivity index (χ0v) is 13.6. The van der Waals surface area contributed by atoms with Crippen LogP contribution in [0.2, 0.25) is 0 Å². The summed E-state index contributed by atoms with van der Waals surface area (Å²) >= 11 is 1.91. The van der Waals surface area contributed by atoms with E-state index in [0.717, 1.165) is 23.7 Å². The maximum atomic E-state index is 5.62. The molecule has 0 N–H and O–H groups in total. The molecule has 0 radical (unpaired) electrons. The number of fused-ring (bicyclic) bond motifs is 3. The van der Waals surface area contributed by atoms with Gasteiger partial charge < -0.3 is 9.64 Å². The average Bonchev–Trinajstić information content (AvgIpc) is 2.54. The molecule has 1 unspecified atom stereocenters. The summed E-state index contributed by atoms with van der Waals surface area (Å²) < 4.78 is 5.62. The molecule has 2 aromatic rings. The predicted octanol–water partition coefficient (Wildman–Crippen LogP) is 4.28. The van der Waals surface area contributed by atoms with Crippen molar-refractivity contribution in [2.24, 2.45) is 4.99 Å². The van der Waals surface area contributed by atoms with E-state index in [9.17, 15) is 0 Å². The van der Waals surface area contributed by atoms with Crippen LogP contribution in [0.1, 0.15) is 12.5 Å². The minimum absolute atomic E-state index is 0.379. The van der Waals surface area contributed by atoms with Gasteiger partial charge in [-0.25, -0.2) is 4.99 Å². The molecular formula is C18H18N2OS. The Morgan fingerprint density at radius 2 is 2.14 bits per heavy atom. The third-order valence-corrected chi connectivity index (χ3v) is 5.39. The van der Waals surface area contributed by atoms with E-state index in [1.165, 1.54) is 16.1 Å². The van der Waals surface area contributed by atoms with Gasteiger partial charge in [-0.05, 0) is 49.2 Å². The molecule has 0 aromatic heterocycles. The summed E-state index contributed by atoms with van der Waals surface area (Å²) in [7, 11) is 2.12. The molecule has 1 atom stereocenters. The molecular weight excluding hydrogens is 292 g/mol. The molecule has 2 aromatic carbocycles. The van der Waals surface area contributed by atoms with Crippen molar-refractivity contribution in [1.82, 2.24) is 0 Å². The first-order valence-electron chi connectivity index (χ1n) is 7.60. The lowest BCUT2D eigenvalue weighted by Crippen LogP contribution is -2.40. The van der Waals surface area contributed by atoms with E-state index in [4.69, 9.17) is 9.73 Å². The van der Waals surface area contributed by atoms with Crippen LogP contribution in [0.15, 0.2) is 52.4 Å². The molecule has 0 aliphatic carbocycles. The molecule has 2 heterocycles. The highest BCUT2D eigenvalue weighted by Crippen LogP contribution is 2.44. The van der Waals surface area contributed by atoms with Crippen LogP contribution >= 0.6 is 11.8 Å². The van der Waals surface area contributed by atoms with Gasteiger partial charge in [0.25, 0.3) is 0 Å². The molecule has 0 saturated heterocycles. The minimum Gasteiger partial charge on any atom is -0.494 e. The number of amidine groups is 1. The van der Waals surface area contributed by atoms with Crippen LogP contribution in [-0.2, 0) is 6.42 Å². The molecule has 112 valence electrons. The van der Waals surface area contributed by atoms with Crippen LogP contribution in [-0.4, -0.2) is 24.7 Å². The normalized spacial score (nSPS) is 18.9. The molecule has 4 heteroatoms. The maximum absolute atomic E-state index is 5.62. The summed E-state index contributed by atoms with van der Waals surface area (Å²) in [5.41, 5.74) is 3.60. The monoisotopic (exact) mass is 310 g/mol. The first kappa shape index (κ1) is 13.7. The number of ether oxygens (including phenoxy) is 1. The van der Waals surface area contributed by atoms with Gasteiger partial charge in [0.2, 0.25) is 0 Å². The Morgan fingerprint density at radius 3 is 3.00 bits per heavy atom. The van der Waals surface area contributed by atoms with Gasteiger partial charge in [0.05, 0.1) is 23.2 Å². The van der Waals surface area contributed by atoms with Crippen LogP contribution in [0.4, 0.5) is 11.4 Å². The van der Waals surface area contributed by atoms with Gasteiger partial charge in [-0.3, -0.25) is 0 Å². The molecule has 0 spiro atoms. The average molecular weight is 310 g/mol.